The third kappa shape index (κ3) is 2.69. The van der Waals surface area contributed by atoms with Crippen LogP contribution in [-0.2, 0) is 10.0 Å². The van der Waals surface area contributed by atoms with Crippen LogP contribution in [0.25, 0.3) is 0 Å². The molecular formula is C11H10N2O3S2. The van der Waals surface area contributed by atoms with Gasteiger partial charge in [-0.25, -0.2) is 8.42 Å². The fraction of sp³-hybridized carbons (Fsp3) is 0. The lowest BCUT2D eigenvalue weighted by Crippen LogP contribution is -2.13. The van der Waals surface area contributed by atoms with Crippen LogP contribution >= 0.6 is 11.3 Å². The standard InChI is InChI=1S/C11H10N2O3S2/c12-11(14)8-3-5-9(6-4-8)13-18(15,16)10-2-1-7-17-10/h1-7,13H,(H2,12,14). The molecule has 94 valence electrons. The number of primary amides is 1. The fourth-order valence-corrected chi connectivity index (χ4v) is 3.38. The zero-order chi connectivity index (χ0) is 13.2. The van der Waals surface area contributed by atoms with Crippen molar-refractivity contribution in [1.29, 1.82) is 0 Å². The third-order valence-electron chi connectivity index (χ3n) is 2.18. The number of amides is 1. The summed E-state index contributed by atoms with van der Waals surface area (Å²) >= 11 is 1.13. The average molecular weight is 282 g/mol. The van der Waals surface area contributed by atoms with Crippen molar-refractivity contribution in [2.45, 2.75) is 4.21 Å². The van der Waals surface area contributed by atoms with Crippen LogP contribution in [0.4, 0.5) is 5.69 Å². The number of anilines is 1. The highest BCUT2D eigenvalue weighted by Gasteiger charge is 2.14. The summed E-state index contributed by atoms with van der Waals surface area (Å²) < 4.78 is 26.4. The Bertz CT molecular complexity index is 646. The minimum absolute atomic E-state index is 0.237. The highest BCUT2D eigenvalue weighted by atomic mass is 32.2. The summed E-state index contributed by atoms with van der Waals surface area (Å²) in [5.41, 5.74) is 5.80. The highest BCUT2D eigenvalue weighted by molar-refractivity contribution is 7.94. The molecule has 0 unspecified atom stereocenters. The fourth-order valence-electron chi connectivity index (χ4n) is 1.32. The van der Waals surface area contributed by atoms with Gasteiger partial charge in [-0.3, -0.25) is 9.52 Å². The van der Waals surface area contributed by atoms with E-state index in [-0.39, 0.29) is 4.21 Å². The first-order valence-electron chi connectivity index (χ1n) is 4.95. The van der Waals surface area contributed by atoms with Crippen LogP contribution in [0.1, 0.15) is 10.4 Å². The lowest BCUT2D eigenvalue weighted by molar-refractivity contribution is 0.100. The number of thiophene rings is 1. The van der Waals surface area contributed by atoms with Crippen LogP contribution in [0.15, 0.2) is 46.0 Å². The molecule has 1 aromatic heterocycles. The lowest BCUT2D eigenvalue weighted by atomic mass is 10.2. The Balaban J connectivity index is 2.22. The monoisotopic (exact) mass is 282 g/mol. The molecule has 2 aromatic rings. The van der Waals surface area contributed by atoms with Gasteiger partial charge in [-0.05, 0) is 35.7 Å². The molecule has 2 rings (SSSR count). The molecule has 0 saturated heterocycles. The van der Waals surface area contributed by atoms with Gasteiger partial charge in [0.1, 0.15) is 4.21 Å². The van der Waals surface area contributed by atoms with Crippen LogP contribution in [0.5, 0.6) is 0 Å². The topological polar surface area (TPSA) is 89.3 Å². The maximum Gasteiger partial charge on any atom is 0.271 e. The molecule has 0 spiro atoms. The molecule has 1 heterocycles. The van der Waals surface area contributed by atoms with Gasteiger partial charge in [-0.2, -0.15) is 0 Å². The Morgan fingerprint density at radius 3 is 2.33 bits per heavy atom. The second-order valence-electron chi connectivity index (χ2n) is 3.48. The Kier molecular flexibility index (Phi) is 3.35. The average Bonchev–Trinajstić information content (AvgIpc) is 2.83. The molecule has 0 saturated carbocycles. The van der Waals surface area contributed by atoms with Crippen molar-refractivity contribution in [1.82, 2.24) is 0 Å². The SMILES string of the molecule is NC(=O)c1ccc(NS(=O)(=O)c2cccs2)cc1. The summed E-state index contributed by atoms with van der Waals surface area (Å²) in [5.74, 6) is -0.553. The summed E-state index contributed by atoms with van der Waals surface area (Å²) in [6.07, 6.45) is 0. The van der Waals surface area contributed by atoms with Gasteiger partial charge in [-0.1, -0.05) is 6.07 Å². The lowest BCUT2D eigenvalue weighted by Gasteiger charge is -2.06. The number of hydrogen-bond acceptors (Lipinski definition) is 4. The normalized spacial score (nSPS) is 11.1. The first kappa shape index (κ1) is 12.6. The molecule has 18 heavy (non-hydrogen) atoms. The number of rotatable bonds is 4. The number of nitrogens with two attached hydrogens (primary N) is 1. The van der Waals surface area contributed by atoms with E-state index < -0.39 is 15.9 Å². The van der Waals surface area contributed by atoms with Gasteiger partial charge in [0, 0.05) is 11.3 Å². The quantitative estimate of drug-likeness (QED) is 0.893. The second-order valence-corrected chi connectivity index (χ2v) is 6.34. The molecule has 0 aliphatic carbocycles. The molecule has 1 aromatic carbocycles. The van der Waals surface area contributed by atoms with Crippen molar-refractivity contribution in [3.63, 3.8) is 0 Å². The van der Waals surface area contributed by atoms with Crippen LogP contribution < -0.4 is 10.5 Å². The summed E-state index contributed by atoms with van der Waals surface area (Å²) in [4.78, 5) is 10.9. The van der Waals surface area contributed by atoms with Gasteiger partial charge < -0.3 is 5.73 Å². The van der Waals surface area contributed by atoms with E-state index in [1.54, 1.807) is 11.4 Å². The van der Waals surface area contributed by atoms with Gasteiger partial charge in [0.25, 0.3) is 10.0 Å². The van der Waals surface area contributed by atoms with Crippen molar-refractivity contribution in [3.05, 3.63) is 47.3 Å². The van der Waals surface area contributed by atoms with Crippen molar-refractivity contribution in [2.24, 2.45) is 5.73 Å². The van der Waals surface area contributed by atoms with Gasteiger partial charge >= 0.3 is 0 Å². The smallest absolute Gasteiger partial charge is 0.271 e. The molecule has 0 radical (unpaired) electrons. The third-order valence-corrected chi connectivity index (χ3v) is 4.96. The van der Waals surface area contributed by atoms with E-state index >= 15 is 0 Å². The van der Waals surface area contributed by atoms with E-state index in [2.05, 4.69) is 4.72 Å². The Morgan fingerprint density at radius 2 is 1.83 bits per heavy atom. The van der Waals surface area contributed by atoms with Gasteiger partial charge in [0.15, 0.2) is 0 Å². The summed E-state index contributed by atoms with van der Waals surface area (Å²) in [5, 5.41) is 1.69. The van der Waals surface area contributed by atoms with Crippen molar-refractivity contribution in [3.8, 4) is 0 Å². The predicted octanol–water partition coefficient (Wildman–Crippen LogP) is 1.65. The molecule has 0 fully saturated rings. The van der Waals surface area contributed by atoms with Crippen molar-refractivity contribution in [2.75, 3.05) is 4.72 Å². The van der Waals surface area contributed by atoms with Crippen LogP contribution in [0.2, 0.25) is 0 Å². The van der Waals surface area contributed by atoms with E-state index in [0.717, 1.165) is 11.3 Å². The van der Waals surface area contributed by atoms with E-state index in [1.807, 2.05) is 0 Å². The second kappa shape index (κ2) is 4.79. The van der Waals surface area contributed by atoms with Gasteiger partial charge in [0.2, 0.25) is 5.91 Å². The van der Waals surface area contributed by atoms with Crippen molar-refractivity contribution < 1.29 is 13.2 Å². The van der Waals surface area contributed by atoms with Crippen LogP contribution in [-0.4, -0.2) is 14.3 Å². The highest BCUT2D eigenvalue weighted by Crippen LogP contribution is 2.20. The first-order valence-corrected chi connectivity index (χ1v) is 7.31. The number of benzene rings is 1. The Morgan fingerprint density at radius 1 is 1.17 bits per heavy atom. The molecule has 0 atom stereocenters. The largest absolute Gasteiger partial charge is 0.366 e. The van der Waals surface area contributed by atoms with E-state index in [1.165, 1.54) is 30.3 Å². The maximum absolute atomic E-state index is 11.9. The van der Waals surface area contributed by atoms with E-state index in [0.29, 0.717) is 11.3 Å². The minimum Gasteiger partial charge on any atom is -0.366 e. The van der Waals surface area contributed by atoms with Crippen molar-refractivity contribution >= 4 is 33.0 Å². The molecule has 0 aliphatic rings. The minimum atomic E-state index is -3.55. The zero-order valence-corrected chi connectivity index (χ0v) is 10.8. The van der Waals surface area contributed by atoms with Crippen LogP contribution in [0.3, 0.4) is 0 Å². The predicted molar refractivity (Wildman–Crippen MR) is 70.1 cm³/mol. The number of carbonyl (C=O) groups excluding carboxylic acids is 1. The van der Waals surface area contributed by atoms with E-state index in [9.17, 15) is 13.2 Å². The number of nitrogens with one attached hydrogen (secondary N) is 1. The van der Waals surface area contributed by atoms with E-state index in [4.69, 9.17) is 5.73 Å². The van der Waals surface area contributed by atoms with Gasteiger partial charge in [0.05, 0.1) is 0 Å². The summed E-state index contributed by atoms with van der Waals surface area (Å²) in [6, 6.07) is 9.10. The van der Waals surface area contributed by atoms with Crippen LogP contribution in [0, 0.1) is 0 Å². The molecular weight excluding hydrogens is 272 g/mol. The molecule has 5 nitrogen and oxygen atoms in total. The maximum atomic E-state index is 11.9. The zero-order valence-electron chi connectivity index (χ0n) is 9.16. The molecule has 7 heteroatoms. The Hall–Kier alpha value is -1.86. The molecule has 0 bridgehead atoms. The first-order chi connectivity index (χ1) is 8.49. The summed E-state index contributed by atoms with van der Waals surface area (Å²) in [6.45, 7) is 0. The summed E-state index contributed by atoms with van der Waals surface area (Å²) in [7, 11) is -3.55. The number of hydrogen-bond donors (Lipinski definition) is 2. The Labute approximate surface area is 108 Å². The van der Waals surface area contributed by atoms with Gasteiger partial charge in [-0.15, -0.1) is 11.3 Å². The molecule has 3 N–H and O–H groups in total. The molecule has 0 aliphatic heterocycles. The number of carbonyl (C=O) groups is 1. The molecule has 1 amide bonds. The number of sulfonamides is 1.